The lowest BCUT2D eigenvalue weighted by Crippen LogP contribution is -3.00. The SMILES string of the molecule is [Cl-].[Cl-].c1cc[n+](-c2ccnc(-[n+]3ccccc3)n2)cc1. The zero-order chi connectivity index (χ0) is 12.2. The minimum atomic E-state index is 0. The minimum absolute atomic E-state index is 0. The van der Waals surface area contributed by atoms with E-state index in [1.54, 1.807) is 6.20 Å². The summed E-state index contributed by atoms with van der Waals surface area (Å²) in [5, 5.41) is 0. The van der Waals surface area contributed by atoms with Crippen LogP contribution in [-0.2, 0) is 0 Å². The van der Waals surface area contributed by atoms with Gasteiger partial charge in [0.2, 0.25) is 0 Å². The molecule has 0 aliphatic rings. The van der Waals surface area contributed by atoms with Crippen LogP contribution in [0.25, 0.3) is 11.8 Å². The van der Waals surface area contributed by atoms with Gasteiger partial charge in [0.25, 0.3) is 0 Å². The van der Waals surface area contributed by atoms with Gasteiger partial charge in [-0.2, -0.15) is 0 Å². The summed E-state index contributed by atoms with van der Waals surface area (Å²) in [4.78, 5) is 8.80. The van der Waals surface area contributed by atoms with Crippen molar-refractivity contribution in [2.45, 2.75) is 0 Å². The second-order valence-corrected chi connectivity index (χ2v) is 3.78. The summed E-state index contributed by atoms with van der Waals surface area (Å²) < 4.78 is 3.84. The number of pyridine rings is 2. The molecule has 0 radical (unpaired) electrons. The third-order valence-corrected chi connectivity index (χ3v) is 2.55. The van der Waals surface area contributed by atoms with E-state index in [2.05, 4.69) is 9.97 Å². The molecule has 3 aromatic heterocycles. The predicted molar refractivity (Wildman–Crippen MR) is 65.1 cm³/mol. The molecule has 0 aliphatic heterocycles. The van der Waals surface area contributed by atoms with Gasteiger partial charge in [0.15, 0.2) is 0 Å². The number of hydrogen-bond donors (Lipinski definition) is 0. The van der Waals surface area contributed by atoms with Gasteiger partial charge in [-0.1, -0.05) is 17.1 Å². The highest BCUT2D eigenvalue weighted by Gasteiger charge is 2.13. The lowest BCUT2D eigenvalue weighted by atomic mass is 10.4. The maximum Gasteiger partial charge on any atom is 0.441 e. The monoisotopic (exact) mass is 306 g/mol. The first-order valence-electron chi connectivity index (χ1n) is 5.70. The van der Waals surface area contributed by atoms with Gasteiger partial charge < -0.3 is 24.8 Å². The van der Waals surface area contributed by atoms with E-state index in [-0.39, 0.29) is 24.8 Å². The van der Waals surface area contributed by atoms with E-state index in [0.29, 0.717) is 5.95 Å². The Bertz CT molecular complexity index is 593. The average molecular weight is 307 g/mol. The van der Waals surface area contributed by atoms with E-state index in [0.717, 1.165) is 5.82 Å². The van der Waals surface area contributed by atoms with Crippen LogP contribution in [0.5, 0.6) is 0 Å². The fourth-order valence-electron chi connectivity index (χ4n) is 1.69. The van der Waals surface area contributed by atoms with Crippen molar-refractivity contribution in [3.05, 3.63) is 73.4 Å². The maximum atomic E-state index is 4.53. The molecule has 0 unspecified atom stereocenters. The Labute approximate surface area is 129 Å². The Balaban J connectivity index is 0.000001000. The van der Waals surface area contributed by atoms with Crippen LogP contribution in [0.4, 0.5) is 0 Å². The molecule has 20 heavy (non-hydrogen) atoms. The van der Waals surface area contributed by atoms with Crippen LogP contribution in [0.3, 0.4) is 0 Å². The van der Waals surface area contributed by atoms with Crippen LogP contribution in [0.2, 0.25) is 0 Å². The molecule has 0 spiro atoms. The quantitative estimate of drug-likeness (QED) is 0.445. The predicted octanol–water partition coefficient (Wildman–Crippen LogP) is -4.96. The van der Waals surface area contributed by atoms with Crippen molar-refractivity contribution < 1.29 is 33.9 Å². The van der Waals surface area contributed by atoms with Gasteiger partial charge in [-0.3, -0.25) is 0 Å². The molecule has 0 aliphatic carbocycles. The van der Waals surface area contributed by atoms with Crippen LogP contribution in [0, 0.1) is 0 Å². The number of aromatic nitrogens is 4. The lowest BCUT2D eigenvalue weighted by Gasteiger charge is -1.96. The summed E-state index contributed by atoms with van der Waals surface area (Å²) in [6.45, 7) is 0. The zero-order valence-electron chi connectivity index (χ0n) is 10.5. The van der Waals surface area contributed by atoms with E-state index < -0.39 is 0 Å². The molecule has 4 nitrogen and oxygen atoms in total. The molecule has 3 aromatic rings. The second kappa shape index (κ2) is 7.53. The van der Waals surface area contributed by atoms with E-state index >= 15 is 0 Å². The van der Waals surface area contributed by atoms with Crippen molar-refractivity contribution in [1.29, 1.82) is 0 Å². The van der Waals surface area contributed by atoms with Gasteiger partial charge >= 0.3 is 11.8 Å². The number of rotatable bonds is 2. The molecular weight excluding hydrogens is 295 g/mol. The average Bonchev–Trinajstić information content (AvgIpc) is 2.49. The first-order chi connectivity index (χ1) is 8.93. The molecule has 0 N–H and O–H groups in total. The van der Waals surface area contributed by atoms with Gasteiger partial charge in [0, 0.05) is 0 Å². The number of hydrogen-bond acceptors (Lipinski definition) is 2. The summed E-state index contributed by atoms with van der Waals surface area (Å²) in [5.74, 6) is 1.50. The lowest BCUT2D eigenvalue weighted by molar-refractivity contribution is -0.614. The van der Waals surface area contributed by atoms with Crippen LogP contribution >= 0.6 is 0 Å². The van der Waals surface area contributed by atoms with Crippen molar-refractivity contribution in [3.8, 4) is 11.8 Å². The highest BCUT2D eigenvalue weighted by Crippen LogP contribution is 1.95. The summed E-state index contributed by atoms with van der Waals surface area (Å²) in [5.41, 5.74) is 0. The Hall–Kier alpha value is -2.04. The molecule has 0 atom stereocenters. The standard InChI is InChI=1S/C14H12N4.2ClH/c1-3-9-17(10-4-1)13-7-8-15-14(16-13)18-11-5-2-6-12-18;;/h1-12H;2*1H/q+2;;/p-2. The highest BCUT2D eigenvalue weighted by molar-refractivity contribution is 5.12. The van der Waals surface area contributed by atoms with Crippen molar-refractivity contribution >= 4 is 0 Å². The molecule has 102 valence electrons. The Morgan fingerprint density at radius 3 is 1.85 bits per heavy atom. The van der Waals surface area contributed by atoms with E-state index in [9.17, 15) is 0 Å². The van der Waals surface area contributed by atoms with Crippen LogP contribution in [0.15, 0.2) is 73.4 Å². The third kappa shape index (κ3) is 3.50. The normalized spacial score (nSPS) is 9.20. The van der Waals surface area contributed by atoms with Crippen LogP contribution < -0.4 is 33.9 Å². The molecule has 0 amide bonds. The molecule has 0 fully saturated rings. The molecule has 0 aromatic carbocycles. The van der Waals surface area contributed by atoms with Gasteiger partial charge in [0.05, 0.1) is 30.9 Å². The van der Waals surface area contributed by atoms with Gasteiger partial charge in [-0.05, 0) is 29.2 Å². The molecule has 6 heteroatoms. The summed E-state index contributed by atoms with van der Waals surface area (Å²) in [6, 6.07) is 13.7. The third-order valence-electron chi connectivity index (χ3n) is 2.55. The topological polar surface area (TPSA) is 33.5 Å². The molecule has 3 rings (SSSR count). The fraction of sp³-hybridized carbons (Fsp3) is 0. The zero-order valence-corrected chi connectivity index (χ0v) is 12.0. The highest BCUT2D eigenvalue weighted by atomic mass is 35.5. The van der Waals surface area contributed by atoms with E-state index in [4.69, 9.17) is 0 Å². The van der Waals surface area contributed by atoms with Gasteiger partial charge in [-0.15, -0.1) is 0 Å². The van der Waals surface area contributed by atoms with E-state index in [1.165, 1.54) is 0 Å². The van der Waals surface area contributed by atoms with Crippen molar-refractivity contribution in [2.75, 3.05) is 0 Å². The van der Waals surface area contributed by atoms with Crippen molar-refractivity contribution in [2.24, 2.45) is 0 Å². The number of nitrogens with zero attached hydrogens (tertiary/aromatic N) is 4. The van der Waals surface area contributed by atoms with E-state index in [1.807, 2.05) is 76.4 Å². The number of halogens is 2. The largest absolute Gasteiger partial charge is 1.00 e. The van der Waals surface area contributed by atoms with Crippen molar-refractivity contribution in [3.63, 3.8) is 0 Å². The summed E-state index contributed by atoms with van der Waals surface area (Å²) in [6.07, 6.45) is 9.53. The van der Waals surface area contributed by atoms with Gasteiger partial charge in [-0.25, -0.2) is 9.13 Å². The molecule has 0 saturated heterocycles. The minimum Gasteiger partial charge on any atom is -1.00 e. The fourth-order valence-corrected chi connectivity index (χ4v) is 1.69. The van der Waals surface area contributed by atoms with Crippen LogP contribution in [0.1, 0.15) is 0 Å². The Morgan fingerprint density at radius 2 is 1.25 bits per heavy atom. The first kappa shape index (κ1) is 16.0. The molecular formula is C14H12Cl2N4. The molecule has 0 saturated carbocycles. The molecule has 0 bridgehead atoms. The Morgan fingerprint density at radius 1 is 0.700 bits per heavy atom. The van der Waals surface area contributed by atoms with Gasteiger partial charge in [0.1, 0.15) is 6.20 Å². The summed E-state index contributed by atoms with van der Waals surface area (Å²) >= 11 is 0. The first-order valence-corrected chi connectivity index (χ1v) is 5.70. The smallest absolute Gasteiger partial charge is 0.441 e. The van der Waals surface area contributed by atoms with Crippen molar-refractivity contribution in [1.82, 2.24) is 9.97 Å². The molecule has 3 heterocycles. The second-order valence-electron chi connectivity index (χ2n) is 3.78. The Kier molecular flexibility index (Phi) is 6.03. The maximum absolute atomic E-state index is 4.53. The van der Waals surface area contributed by atoms with Crippen LogP contribution in [-0.4, -0.2) is 9.97 Å². The summed E-state index contributed by atoms with van der Waals surface area (Å²) in [7, 11) is 0.